The Balaban J connectivity index is 2.06. The zero-order valence-corrected chi connectivity index (χ0v) is 13.9. The third-order valence-electron chi connectivity index (χ3n) is 3.28. The molecule has 1 atom stereocenters. The maximum Gasteiger partial charge on any atom is 0.316 e. The van der Waals surface area contributed by atoms with Crippen molar-refractivity contribution in [1.82, 2.24) is 15.3 Å². The van der Waals surface area contributed by atoms with Crippen molar-refractivity contribution in [3.8, 4) is 5.75 Å². The molecule has 1 aromatic carbocycles. The van der Waals surface area contributed by atoms with Gasteiger partial charge in [-0.05, 0) is 32.9 Å². The lowest BCUT2D eigenvalue weighted by atomic mass is 10.0. The molecule has 24 heavy (non-hydrogen) atoms. The lowest BCUT2D eigenvalue weighted by molar-refractivity contribution is -0.136. The standard InChI is InChI=1S/C17H20N4O3/c1-4-24-14-7-6-11(2)10-13(14)12(3)20-15(22)16(23)21-17-18-8-5-9-19-17/h5-10,12H,4H2,1-3H3,(H,20,22)(H,18,19,21,23). The Morgan fingerprint density at radius 2 is 1.92 bits per heavy atom. The SMILES string of the molecule is CCOc1ccc(C)cc1C(C)NC(=O)C(=O)Nc1ncccn1. The van der Waals surface area contributed by atoms with E-state index in [-0.39, 0.29) is 12.0 Å². The van der Waals surface area contributed by atoms with Crippen LogP contribution in [0.15, 0.2) is 36.7 Å². The molecule has 0 aliphatic carbocycles. The number of nitrogens with one attached hydrogen (secondary N) is 2. The molecule has 2 rings (SSSR count). The predicted octanol–water partition coefficient (Wildman–Crippen LogP) is 2.00. The van der Waals surface area contributed by atoms with Crippen LogP contribution in [0.2, 0.25) is 0 Å². The first-order valence-electron chi connectivity index (χ1n) is 7.63. The molecule has 0 spiro atoms. The van der Waals surface area contributed by atoms with Gasteiger partial charge >= 0.3 is 11.8 Å². The van der Waals surface area contributed by atoms with Crippen LogP contribution in [0.4, 0.5) is 5.95 Å². The summed E-state index contributed by atoms with van der Waals surface area (Å²) in [5, 5.41) is 5.00. The first kappa shape index (κ1) is 17.4. The third-order valence-corrected chi connectivity index (χ3v) is 3.28. The molecular weight excluding hydrogens is 308 g/mol. The second-order valence-electron chi connectivity index (χ2n) is 5.20. The highest BCUT2D eigenvalue weighted by atomic mass is 16.5. The minimum absolute atomic E-state index is 0.0795. The van der Waals surface area contributed by atoms with Gasteiger partial charge in [0.05, 0.1) is 12.6 Å². The molecule has 7 heteroatoms. The van der Waals surface area contributed by atoms with Crippen LogP contribution >= 0.6 is 0 Å². The molecule has 0 aliphatic rings. The fraction of sp³-hybridized carbons (Fsp3) is 0.294. The molecule has 0 bridgehead atoms. The number of anilines is 1. The number of carbonyl (C=O) groups excluding carboxylic acids is 2. The van der Waals surface area contributed by atoms with Crippen LogP contribution in [-0.2, 0) is 9.59 Å². The van der Waals surface area contributed by atoms with Gasteiger partial charge in [-0.1, -0.05) is 17.7 Å². The first-order valence-corrected chi connectivity index (χ1v) is 7.63. The third kappa shape index (κ3) is 4.52. The molecule has 2 N–H and O–H groups in total. The molecule has 1 aromatic heterocycles. The van der Waals surface area contributed by atoms with Gasteiger partial charge in [-0.3, -0.25) is 14.9 Å². The Hall–Kier alpha value is -2.96. The van der Waals surface area contributed by atoms with E-state index in [1.807, 2.05) is 32.0 Å². The molecule has 0 saturated heterocycles. The lowest BCUT2D eigenvalue weighted by Crippen LogP contribution is -2.37. The highest BCUT2D eigenvalue weighted by molar-refractivity contribution is 6.39. The quantitative estimate of drug-likeness (QED) is 0.819. The molecule has 7 nitrogen and oxygen atoms in total. The number of hydrogen-bond acceptors (Lipinski definition) is 5. The molecule has 0 radical (unpaired) electrons. The first-order chi connectivity index (χ1) is 11.5. The van der Waals surface area contributed by atoms with Gasteiger partial charge in [-0.2, -0.15) is 0 Å². The van der Waals surface area contributed by atoms with Crippen molar-refractivity contribution in [3.05, 3.63) is 47.8 Å². The number of ether oxygens (including phenoxy) is 1. The molecule has 1 heterocycles. The zero-order chi connectivity index (χ0) is 17.5. The van der Waals surface area contributed by atoms with Crippen LogP contribution in [0.3, 0.4) is 0 Å². The normalized spacial score (nSPS) is 11.5. The number of amides is 2. The molecule has 2 amide bonds. The monoisotopic (exact) mass is 328 g/mol. The Morgan fingerprint density at radius 1 is 1.21 bits per heavy atom. The summed E-state index contributed by atoms with van der Waals surface area (Å²) >= 11 is 0. The summed E-state index contributed by atoms with van der Waals surface area (Å²) < 4.78 is 5.58. The second-order valence-corrected chi connectivity index (χ2v) is 5.20. The van der Waals surface area contributed by atoms with E-state index in [0.717, 1.165) is 11.1 Å². The topological polar surface area (TPSA) is 93.2 Å². The Bertz CT molecular complexity index is 719. The van der Waals surface area contributed by atoms with E-state index in [2.05, 4.69) is 20.6 Å². The van der Waals surface area contributed by atoms with Gasteiger partial charge in [0.25, 0.3) is 0 Å². The summed E-state index contributed by atoms with van der Waals surface area (Å²) in [6.07, 6.45) is 2.95. The molecular formula is C17H20N4O3. The average Bonchev–Trinajstić information content (AvgIpc) is 2.57. The Kier molecular flexibility index (Phi) is 5.83. The summed E-state index contributed by atoms with van der Waals surface area (Å²) in [7, 11) is 0. The van der Waals surface area contributed by atoms with Gasteiger partial charge in [-0.15, -0.1) is 0 Å². The van der Waals surface area contributed by atoms with Gasteiger partial charge < -0.3 is 10.1 Å². The largest absolute Gasteiger partial charge is 0.494 e. The number of aromatic nitrogens is 2. The van der Waals surface area contributed by atoms with Crippen LogP contribution in [-0.4, -0.2) is 28.4 Å². The highest BCUT2D eigenvalue weighted by Crippen LogP contribution is 2.26. The Morgan fingerprint density at radius 3 is 2.58 bits per heavy atom. The Labute approximate surface area is 140 Å². The molecule has 126 valence electrons. The number of hydrogen-bond donors (Lipinski definition) is 2. The van der Waals surface area contributed by atoms with Crippen molar-refractivity contribution < 1.29 is 14.3 Å². The van der Waals surface area contributed by atoms with Crippen molar-refractivity contribution in [2.24, 2.45) is 0 Å². The van der Waals surface area contributed by atoms with E-state index in [1.54, 1.807) is 13.0 Å². The summed E-state index contributed by atoms with van der Waals surface area (Å²) in [5.74, 6) is -0.823. The average molecular weight is 328 g/mol. The lowest BCUT2D eigenvalue weighted by Gasteiger charge is -2.18. The summed E-state index contributed by atoms with van der Waals surface area (Å²) in [6.45, 7) is 6.15. The van der Waals surface area contributed by atoms with Crippen LogP contribution in [0, 0.1) is 6.92 Å². The number of nitrogens with zero attached hydrogens (tertiary/aromatic N) is 2. The maximum absolute atomic E-state index is 12.1. The minimum atomic E-state index is -0.821. The molecule has 0 aliphatic heterocycles. The van der Waals surface area contributed by atoms with Crippen LogP contribution in [0.25, 0.3) is 0 Å². The van der Waals surface area contributed by atoms with E-state index in [9.17, 15) is 9.59 Å². The molecule has 0 saturated carbocycles. The van der Waals surface area contributed by atoms with Crippen LogP contribution in [0.1, 0.15) is 31.0 Å². The summed E-state index contributed by atoms with van der Waals surface area (Å²) in [5.41, 5.74) is 1.85. The summed E-state index contributed by atoms with van der Waals surface area (Å²) in [6, 6.07) is 6.94. The number of aryl methyl sites for hydroxylation is 1. The van der Waals surface area contributed by atoms with E-state index < -0.39 is 11.8 Å². The van der Waals surface area contributed by atoms with E-state index in [0.29, 0.717) is 12.4 Å². The number of rotatable bonds is 5. The van der Waals surface area contributed by atoms with Gasteiger partial charge in [0.1, 0.15) is 5.75 Å². The van der Waals surface area contributed by atoms with Crippen molar-refractivity contribution >= 4 is 17.8 Å². The van der Waals surface area contributed by atoms with Crippen molar-refractivity contribution in [1.29, 1.82) is 0 Å². The number of carbonyl (C=O) groups is 2. The molecule has 0 fully saturated rings. The van der Waals surface area contributed by atoms with Crippen molar-refractivity contribution in [3.63, 3.8) is 0 Å². The van der Waals surface area contributed by atoms with Gasteiger partial charge in [-0.25, -0.2) is 9.97 Å². The minimum Gasteiger partial charge on any atom is -0.494 e. The van der Waals surface area contributed by atoms with Crippen LogP contribution in [0.5, 0.6) is 5.75 Å². The fourth-order valence-electron chi connectivity index (χ4n) is 2.16. The van der Waals surface area contributed by atoms with E-state index in [1.165, 1.54) is 12.4 Å². The predicted molar refractivity (Wildman–Crippen MR) is 89.6 cm³/mol. The van der Waals surface area contributed by atoms with Crippen LogP contribution < -0.4 is 15.4 Å². The maximum atomic E-state index is 12.1. The van der Waals surface area contributed by atoms with E-state index in [4.69, 9.17) is 4.74 Å². The zero-order valence-electron chi connectivity index (χ0n) is 13.9. The fourth-order valence-corrected chi connectivity index (χ4v) is 2.16. The number of benzene rings is 1. The van der Waals surface area contributed by atoms with Crippen molar-refractivity contribution in [2.45, 2.75) is 26.8 Å². The summed E-state index contributed by atoms with van der Waals surface area (Å²) in [4.78, 5) is 31.7. The van der Waals surface area contributed by atoms with Gasteiger partial charge in [0.15, 0.2) is 0 Å². The highest BCUT2D eigenvalue weighted by Gasteiger charge is 2.20. The second kappa shape index (κ2) is 8.05. The van der Waals surface area contributed by atoms with Gasteiger partial charge in [0.2, 0.25) is 5.95 Å². The van der Waals surface area contributed by atoms with Gasteiger partial charge in [0, 0.05) is 18.0 Å². The van der Waals surface area contributed by atoms with E-state index >= 15 is 0 Å². The van der Waals surface area contributed by atoms with Crippen molar-refractivity contribution in [2.75, 3.05) is 11.9 Å². The molecule has 1 unspecified atom stereocenters. The molecule has 2 aromatic rings. The smallest absolute Gasteiger partial charge is 0.316 e.